The topological polar surface area (TPSA) is 120 Å². The summed E-state index contributed by atoms with van der Waals surface area (Å²) in [6.45, 7) is -0.155. The zero-order chi connectivity index (χ0) is 18.7. The van der Waals surface area contributed by atoms with Crippen molar-refractivity contribution in [3.63, 3.8) is 0 Å². The number of hydrogen-bond donors (Lipinski definition) is 3. The summed E-state index contributed by atoms with van der Waals surface area (Å²) >= 11 is 0. The van der Waals surface area contributed by atoms with Crippen LogP contribution in [0.2, 0.25) is 0 Å². The lowest BCUT2D eigenvalue weighted by Crippen LogP contribution is -2.54. The smallest absolute Gasteiger partial charge is 0.228 e. The summed E-state index contributed by atoms with van der Waals surface area (Å²) in [5, 5.41) is 37.7. The Morgan fingerprint density at radius 3 is 2.15 bits per heavy atom. The molecule has 1 fully saturated rings. The Morgan fingerprint density at radius 2 is 1.58 bits per heavy atom. The van der Waals surface area contributed by atoms with E-state index in [1.165, 1.54) is 0 Å². The van der Waals surface area contributed by atoms with Gasteiger partial charge in [-0.3, -0.25) is 4.79 Å². The van der Waals surface area contributed by atoms with Crippen LogP contribution in [0.5, 0.6) is 5.75 Å². The van der Waals surface area contributed by atoms with E-state index >= 15 is 0 Å². The fraction of sp³-hybridized carbons (Fsp3) is 0.263. The molecule has 1 saturated heterocycles. The number of carbonyl (C=O) groups excluding carboxylic acids is 1. The second-order valence-corrected chi connectivity index (χ2v) is 5.91. The van der Waals surface area contributed by atoms with Crippen molar-refractivity contribution in [1.82, 2.24) is 0 Å². The zero-order valence-corrected chi connectivity index (χ0v) is 13.6. The molecule has 0 aromatic heterocycles. The molecular formula is C19H17NO6. The summed E-state index contributed by atoms with van der Waals surface area (Å²) in [7, 11) is 0. The van der Waals surface area contributed by atoms with Crippen LogP contribution in [0, 0.1) is 11.3 Å². The van der Waals surface area contributed by atoms with Crippen LogP contribution in [0.25, 0.3) is 0 Å². The van der Waals surface area contributed by atoms with Gasteiger partial charge in [0.25, 0.3) is 0 Å². The van der Waals surface area contributed by atoms with Crippen LogP contribution >= 0.6 is 0 Å². The molecule has 2 aromatic carbocycles. The van der Waals surface area contributed by atoms with Gasteiger partial charge in [-0.05, 0) is 48.5 Å². The van der Waals surface area contributed by atoms with E-state index in [0.717, 1.165) is 0 Å². The van der Waals surface area contributed by atoms with E-state index in [1.54, 1.807) is 48.5 Å². The van der Waals surface area contributed by atoms with Gasteiger partial charge < -0.3 is 24.8 Å². The number of benzene rings is 2. The number of ether oxygens (including phenoxy) is 2. The Kier molecular flexibility index (Phi) is 5.30. The summed E-state index contributed by atoms with van der Waals surface area (Å²) in [5.41, 5.74) is 1.37. The molecule has 1 heterocycles. The van der Waals surface area contributed by atoms with Crippen molar-refractivity contribution in [3.8, 4) is 11.8 Å². The molecule has 0 aliphatic carbocycles. The highest BCUT2D eigenvalue weighted by atomic mass is 16.7. The van der Waals surface area contributed by atoms with Gasteiger partial charge in [-0.2, -0.15) is 5.26 Å². The molecule has 0 saturated carbocycles. The van der Waals surface area contributed by atoms with Crippen molar-refractivity contribution < 1.29 is 29.6 Å². The minimum Gasteiger partial charge on any atom is -0.462 e. The number of carbonyl (C=O) groups is 1. The molecule has 0 radical (unpaired) electrons. The minimum absolute atomic E-state index is 0.155. The predicted octanol–water partition coefficient (Wildman–Crippen LogP) is 0.607. The van der Waals surface area contributed by atoms with E-state index in [0.29, 0.717) is 22.4 Å². The molecular weight excluding hydrogens is 338 g/mol. The maximum atomic E-state index is 12.4. The van der Waals surface area contributed by atoms with E-state index in [-0.39, 0.29) is 12.4 Å². The van der Waals surface area contributed by atoms with Crippen molar-refractivity contribution >= 4 is 5.78 Å². The number of aliphatic hydroxyl groups is 3. The third-order valence-electron chi connectivity index (χ3n) is 4.10. The highest BCUT2D eigenvalue weighted by Crippen LogP contribution is 2.22. The van der Waals surface area contributed by atoms with Gasteiger partial charge in [-0.1, -0.05) is 0 Å². The summed E-state index contributed by atoms with van der Waals surface area (Å²) in [4.78, 5) is 12.4. The largest absolute Gasteiger partial charge is 0.462 e. The number of ketones is 1. The van der Waals surface area contributed by atoms with Gasteiger partial charge in [-0.25, -0.2) is 0 Å². The Labute approximate surface area is 149 Å². The van der Waals surface area contributed by atoms with Gasteiger partial charge in [0.15, 0.2) is 5.78 Å². The molecule has 1 aliphatic rings. The lowest BCUT2D eigenvalue weighted by atomic mass is 10.0. The van der Waals surface area contributed by atoms with E-state index < -0.39 is 24.6 Å². The first-order valence-corrected chi connectivity index (χ1v) is 7.97. The number of rotatable bonds is 4. The summed E-state index contributed by atoms with van der Waals surface area (Å²) in [6, 6.07) is 14.5. The van der Waals surface area contributed by atoms with Crippen LogP contribution in [0.15, 0.2) is 48.5 Å². The lowest BCUT2D eigenvalue weighted by molar-refractivity contribution is -0.242. The molecule has 0 bridgehead atoms. The van der Waals surface area contributed by atoms with E-state index in [4.69, 9.17) is 14.7 Å². The summed E-state index contributed by atoms with van der Waals surface area (Å²) in [6.07, 6.45) is -5.03. The van der Waals surface area contributed by atoms with Crippen LogP contribution in [-0.2, 0) is 4.74 Å². The van der Waals surface area contributed by atoms with E-state index in [2.05, 4.69) is 0 Å². The second kappa shape index (κ2) is 7.64. The summed E-state index contributed by atoms with van der Waals surface area (Å²) < 4.78 is 10.6. The molecule has 0 spiro atoms. The number of nitriles is 1. The third-order valence-corrected chi connectivity index (χ3v) is 4.10. The Balaban J connectivity index is 1.68. The second-order valence-electron chi connectivity index (χ2n) is 5.91. The standard InChI is InChI=1S/C19H17NO6/c20-9-11-1-3-12(4-2-11)16(22)13-5-7-14(8-6-13)26-19-18(24)17(23)15(21)10-25-19/h1-8,15,17-19,21,23-24H,10H2/t15-,17+,18-,19+/m1/s1. The molecule has 7 heteroatoms. The van der Waals surface area contributed by atoms with Crippen molar-refractivity contribution in [2.75, 3.05) is 6.61 Å². The van der Waals surface area contributed by atoms with Gasteiger partial charge in [0, 0.05) is 11.1 Å². The zero-order valence-electron chi connectivity index (χ0n) is 13.6. The molecule has 26 heavy (non-hydrogen) atoms. The van der Waals surface area contributed by atoms with Crippen molar-refractivity contribution in [3.05, 3.63) is 65.2 Å². The van der Waals surface area contributed by atoms with Crippen LogP contribution in [-0.4, -0.2) is 52.3 Å². The molecule has 0 amide bonds. The highest BCUT2D eigenvalue weighted by Gasteiger charge is 2.38. The molecule has 4 atom stereocenters. The molecule has 1 aliphatic heterocycles. The average Bonchev–Trinajstić information content (AvgIpc) is 2.68. The number of aliphatic hydroxyl groups excluding tert-OH is 3. The maximum Gasteiger partial charge on any atom is 0.228 e. The van der Waals surface area contributed by atoms with Gasteiger partial charge in [-0.15, -0.1) is 0 Å². The van der Waals surface area contributed by atoms with Gasteiger partial charge in [0.05, 0.1) is 18.2 Å². The van der Waals surface area contributed by atoms with Gasteiger partial charge >= 0.3 is 0 Å². The first kappa shape index (κ1) is 18.0. The molecule has 3 rings (SSSR count). The maximum absolute atomic E-state index is 12.4. The first-order valence-electron chi connectivity index (χ1n) is 7.97. The summed E-state index contributed by atoms with van der Waals surface area (Å²) in [5.74, 6) is 0.141. The van der Waals surface area contributed by atoms with Crippen molar-refractivity contribution in [2.24, 2.45) is 0 Å². The molecule has 7 nitrogen and oxygen atoms in total. The minimum atomic E-state index is -1.39. The lowest BCUT2D eigenvalue weighted by Gasteiger charge is -2.34. The average molecular weight is 355 g/mol. The fourth-order valence-corrected chi connectivity index (χ4v) is 2.56. The van der Waals surface area contributed by atoms with E-state index in [9.17, 15) is 20.1 Å². The normalized spacial score (nSPS) is 25.3. The fourth-order valence-electron chi connectivity index (χ4n) is 2.56. The van der Waals surface area contributed by atoms with Gasteiger partial charge in [0.2, 0.25) is 6.29 Å². The first-order chi connectivity index (χ1) is 12.5. The third kappa shape index (κ3) is 3.74. The Hall–Kier alpha value is -2.76. The van der Waals surface area contributed by atoms with Crippen LogP contribution < -0.4 is 4.74 Å². The van der Waals surface area contributed by atoms with Gasteiger partial charge in [0.1, 0.15) is 24.1 Å². The molecule has 134 valence electrons. The predicted molar refractivity (Wildman–Crippen MR) is 89.4 cm³/mol. The van der Waals surface area contributed by atoms with Crippen molar-refractivity contribution in [2.45, 2.75) is 24.6 Å². The van der Waals surface area contributed by atoms with Crippen LogP contribution in [0.3, 0.4) is 0 Å². The number of hydrogen-bond acceptors (Lipinski definition) is 7. The highest BCUT2D eigenvalue weighted by molar-refractivity contribution is 6.09. The van der Waals surface area contributed by atoms with E-state index in [1.807, 2.05) is 6.07 Å². The molecule has 0 unspecified atom stereocenters. The molecule has 3 N–H and O–H groups in total. The van der Waals surface area contributed by atoms with Crippen LogP contribution in [0.4, 0.5) is 0 Å². The number of nitrogens with zero attached hydrogens (tertiary/aromatic N) is 1. The monoisotopic (exact) mass is 355 g/mol. The van der Waals surface area contributed by atoms with Crippen molar-refractivity contribution in [1.29, 1.82) is 5.26 Å². The Bertz CT molecular complexity index is 811. The quantitative estimate of drug-likeness (QED) is 0.687. The Morgan fingerprint density at radius 1 is 1.00 bits per heavy atom. The SMILES string of the molecule is N#Cc1ccc(C(=O)c2ccc(O[C@@H]3OC[C@@H](O)[C@H](O)[C@H]3O)cc2)cc1. The van der Waals surface area contributed by atoms with Crippen LogP contribution in [0.1, 0.15) is 21.5 Å². The molecule has 2 aromatic rings.